The van der Waals surface area contributed by atoms with Gasteiger partial charge in [0.2, 0.25) is 10.0 Å². The molecule has 0 unspecified atom stereocenters. The molecule has 0 aromatic heterocycles. The Morgan fingerprint density at radius 2 is 1.94 bits per heavy atom. The second-order valence-corrected chi connectivity index (χ2v) is 6.46. The minimum Gasteiger partial charge on any atom is -0.398 e. The fraction of sp³-hybridized carbons (Fsp3) is 0.500. The summed E-state index contributed by atoms with van der Waals surface area (Å²) >= 11 is 0. The lowest BCUT2D eigenvalue weighted by Crippen LogP contribution is -2.43. The SMILES string of the molecule is CCC(C)(C)NS(=O)(=O)c1c(C)cccc1N. The first kappa shape index (κ1) is 14.0. The molecule has 1 aromatic rings. The first-order valence-corrected chi connectivity index (χ1v) is 7.07. The molecule has 0 fully saturated rings. The van der Waals surface area contributed by atoms with Gasteiger partial charge < -0.3 is 5.73 Å². The molecule has 0 radical (unpaired) electrons. The molecule has 0 spiro atoms. The van der Waals surface area contributed by atoms with Gasteiger partial charge >= 0.3 is 0 Å². The smallest absolute Gasteiger partial charge is 0.243 e. The predicted octanol–water partition coefficient (Wildman–Crippen LogP) is 2.04. The van der Waals surface area contributed by atoms with E-state index < -0.39 is 15.6 Å². The highest BCUT2D eigenvalue weighted by molar-refractivity contribution is 7.89. The van der Waals surface area contributed by atoms with Crippen molar-refractivity contribution in [1.29, 1.82) is 0 Å². The molecule has 0 atom stereocenters. The molecule has 0 aliphatic rings. The first-order valence-electron chi connectivity index (χ1n) is 5.58. The first-order chi connectivity index (χ1) is 7.69. The number of hydrogen-bond acceptors (Lipinski definition) is 3. The fourth-order valence-electron chi connectivity index (χ4n) is 1.53. The van der Waals surface area contributed by atoms with Crippen molar-refractivity contribution in [3.05, 3.63) is 23.8 Å². The molecule has 96 valence electrons. The summed E-state index contributed by atoms with van der Waals surface area (Å²) in [7, 11) is -3.57. The van der Waals surface area contributed by atoms with E-state index in [-0.39, 0.29) is 10.6 Å². The number of anilines is 1. The zero-order valence-corrected chi connectivity index (χ0v) is 11.6. The van der Waals surface area contributed by atoms with Crippen molar-refractivity contribution < 1.29 is 8.42 Å². The van der Waals surface area contributed by atoms with Crippen LogP contribution in [-0.4, -0.2) is 14.0 Å². The van der Waals surface area contributed by atoms with Crippen LogP contribution in [0, 0.1) is 6.92 Å². The molecule has 0 saturated carbocycles. The lowest BCUT2D eigenvalue weighted by molar-refractivity contribution is 0.439. The molecule has 0 saturated heterocycles. The van der Waals surface area contributed by atoms with Crippen LogP contribution in [0.2, 0.25) is 0 Å². The molecule has 1 rings (SSSR count). The summed E-state index contributed by atoms with van der Waals surface area (Å²) in [6.07, 6.45) is 0.706. The summed E-state index contributed by atoms with van der Waals surface area (Å²) in [4.78, 5) is 0.182. The molecular weight excluding hydrogens is 236 g/mol. The van der Waals surface area contributed by atoms with Gasteiger partial charge in [-0.1, -0.05) is 19.1 Å². The van der Waals surface area contributed by atoms with Crippen molar-refractivity contribution in [1.82, 2.24) is 4.72 Å². The van der Waals surface area contributed by atoms with Crippen LogP contribution in [0.5, 0.6) is 0 Å². The quantitative estimate of drug-likeness (QED) is 0.810. The van der Waals surface area contributed by atoms with Crippen LogP contribution in [-0.2, 0) is 10.0 Å². The Balaban J connectivity index is 3.24. The zero-order chi connectivity index (χ0) is 13.3. The summed E-state index contributed by atoms with van der Waals surface area (Å²) in [6, 6.07) is 5.08. The molecule has 0 aliphatic heterocycles. The summed E-state index contributed by atoms with van der Waals surface area (Å²) in [5.41, 5.74) is 6.21. The number of nitrogens with one attached hydrogen (secondary N) is 1. The Morgan fingerprint density at radius 3 is 2.41 bits per heavy atom. The van der Waals surface area contributed by atoms with E-state index in [0.717, 1.165) is 0 Å². The van der Waals surface area contributed by atoms with E-state index in [1.807, 2.05) is 20.8 Å². The van der Waals surface area contributed by atoms with E-state index in [0.29, 0.717) is 12.0 Å². The molecule has 4 nitrogen and oxygen atoms in total. The maximum absolute atomic E-state index is 12.3. The molecule has 1 aromatic carbocycles. The van der Waals surface area contributed by atoms with Crippen LogP contribution in [0.15, 0.2) is 23.1 Å². The second kappa shape index (κ2) is 4.66. The largest absolute Gasteiger partial charge is 0.398 e. The number of sulfonamides is 1. The third kappa shape index (κ3) is 3.20. The molecule has 0 heterocycles. The number of benzene rings is 1. The van der Waals surface area contributed by atoms with E-state index in [9.17, 15) is 8.42 Å². The van der Waals surface area contributed by atoms with Gasteiger partial charge in [-0.2, -0.15) is 0 Å². The van der Waals surface area contributed by atoms with E-state index >= 15 is 0 Å². The number of rotatable bonds is 4. The van der Waals surface area contributed by atoms with E-state index in [1.165, 1.54) is 0 Å². The van der Waals surface area contributed by atoms with E-state index in [4.69, 9.17) is 5.73 Å². The molecular formula is C12H20N2O2S. The maximum atomic E-state index is 12.3. The standard InChI is InChI=1S/C12H20N2O2S/c1-5-12(3,4)14-17(15,16)11-9(2)7-6-8-10(11)13/h6-8,14H,5,13H2,1-4H3. The average molecular weight is 256 g/mol. The van der Waals surface area contributed by atoms with Crippen LogP contribution in [0.3, 0.4) is 0 Å². The van der Waals surface area contributed by atoms with Crippen LogP contribution in [0.1, 0.15) is 32.8 Å². The number of hydrogen-bond donors (Lipinski definition) is 2. The summed E-state index contributed by atoms with van der Waals surface area (Å²) in [6.45, 7) is 7.37. The molecule has 5 heteroatoms. The molecule has 0 aliphatic carbocycles. The van der Waals surface area contributed by atoms with Crippen molar-refractivity contribution >= 4 is 15.7 Å². The van der Waals surface area contributed by atoms with Crippen LogP contribution in [0.4, 0.5) is 5.69 Å². The normalized spacial score (nSPS) is 12.7. The molecule has 0 bridgehead atoms. The van der Waals surface area contributed by atoms with Crippen LogP contribution >= 0.6 is 0 Å². The van der Waals surface area contributed by atoms with Crippen LogP contribution in [0.25, 0.3) is 0 Å². The minimum absolute atomic E-state index is 0.182. The predicted molar refractivity (Wildman–Crippen MR) is 70.3 cm³/mol. The van der Waals surface area contributed by atoms with Crippen molar-refractivity contribution in [3.8, 4) is 0 Å². The van der Waals surface area contributed by atoms with Crippen molar-refractivity contribution in [2.24, 2.45) is 0 Å². The second-order valence-electron chi connectivity index (χ2n) is 4.84. The highest BCUT2D eigenvalue weighted by Crippen LogP contribution is 2.24. The Morgan fingerprint density at radius 1 is 1.35 bits per heavy atom. The molecule has 17 heavy (non-hydrogen) atoms. The maximum Gasteiger partial charge on any atom is 0.243 e. The lowest BCUT2D eigenvalue weighted by atomic mass is 10.0. The third-order valence-electron chi connectivity index (χ3n) is 2.81. The van der Waals surface area contributed by atoms with Gasteiger partial charge in [-0.15, -0.1) is 0 Å². The Kier molecular flexibility index (Phi) is 3.84. The minimum atomic E-state index is -3.57. The Labute approximate surface area is 103 Å². The Hall–Kier alpha value is -1.07. The summed E-state index contributed by atoms with van der Waals surface area (Å²) < 4.78 is 27.2. The average Bonchev–Trinajstić information content (AvgIpc) is 2.15. The molecule has 3 N–H and O–H groups in total. The third-order valence-corrected chi connectivity index (χ3v) is 4.72. The summed E-state index contributed by atoms with van der Waals surface area (Å²) in [5, 5.41) is 0. The van der Waals surface area contributed by atoms with Crippen LogP contribution < -0.4 is 10.5 Å². The molecule has 0 amide bonds. The summed E-state index contributed by atoms with van der Waals surface area (Å²) in [5.74, 6) is 0. The highest BCUT2D eigenvalue weighted by Gasteiger charge is 2.27. The topological polar surface area (TPSA) is 72.2 Å². The van der Waals surface area contributed by atoms with Gasteiger partial charge in [-0.3, -0.25) is 0 Å². The number of nitrogens with two attached hydrogens (primary N) is 1. The number of nitrogen functional groups attached to an aromatic ring is 1. The Bertz CT molecular complexity index is 487. The van der Waals surface area contributed by atoms with E-state index in [1.54, 1.807) is 25.1 Å². The lowest BCUT2D eigenvalue weighted by Gasteiger charge is -2.25. The van der Waals surface area contributed by atoms with Gasteiger partial charge in [-0.05, 0) is 38.8 Å². The van der Waals surface area contributed by atoms with Gasteiger partial charge in [0, 0.05) is 5.54 Å². The fourth-order valence-corrected chi connectivity index (χ4v) is 3.37. The monoisotopic (exact) mass is 256 g/mol. The van der Waals surface area contributed by atoms with Gasteiger partial charge in [0.25, 0.3) is 0 Å². The van der Waals surface area contributed by atoms with Gasteiger partial charge in [0.1, 0.15) is 4.90 Å². The van der Waals surface area contributed by atoms with Gasteiger partial charge in [0.15, 0.2) is 0 Å². The zero-order valence-electron chi connectivity index (χ0n) is 10.7. The van der Waals surface area contributed by atoms with Crippen molar-refractivity contribution in [2.75, 3.05) is 5.73 Å². The van der Waals surface area contributed by atoms with Crippen molar-refractivity contribution in [3.63, 3.8) is 0 Å². The van der Waals surface area contributed by atoms with Gasteiger partial charge in [0.05, 0.1) is 5.69 Å². The van der Waals surface area contributed by atoms with Gasteiger partial charge in [-0.25, -0.2) is 13.1 Å². The van der Waals surface area contributed by atoms with Crippen molar-refractivity contribution in [2.45, 2.75) is 44.6 Å². The number of aryl methyl sites for hydroxylation is 1. The highest BCUT2D eigenvalue weighted by atomic mass is 32.2. The van der Waals surface area contributed by atoms with E-state index in [2.05, 4.69) is 4.72 Å².